The van der Waals surface area contributed by atoms with Gasteiger partial charge in [-0.2, -0.15) is 0 Å². The van der Waals surface area contributed by atoms with Crippen molar-refractivity contribution in [3.05, 3.63) is 57.5 Å². The molecule has 0 radical (unpaired) electrons. The lowest BCUT2D eigenvalue weighted by molar-refractivity contribution is -0.130. The Morgan fingerprint density at radius 3 is 2.22 bits per heavy atom. The van der Waals surface area contributed by atoms with Crippen LogP contribution < -0.4 is 20.9 Å². The number of hydrogen-bond acceptors (Lipinski definition) is 4. The highest BCUT2D eigenvalue weighted by Crippen LogP contribution is 2.27. The van der Waals surface area contributed by atoms with Gasteiger partial charge in [-0.15, -0.1) is 0 Å². The molecule has 2 aromatic rings. The van der Waals surface area contributed by atoms with Gasteiger partial charge in [-0.1, -0.05) is 34.1 Å². The van der Waals surface area contributed by atoms with Crippen LogP contribution in [0, 0.1) is 0 Å². The summed E-state index contributed by atoms with van der Waals surface area (Å²) in [6.07, 6.45) is -0.0585. The number of anilines is 1. The van der Waals surface area contributed by atoms with Gasteiger partial charge in [0.1, 0.15) is 5.75 Å². The highest BCUT2D eigenvalue weighted by molar-refractivity contribution is 9.11. The van der Waals surface area contributed by atoms with Crippen LogP contribution in [0.1, 0.15) is 12.8 Å². The van der Waals surface area contributed by atoms with Crippen LogP contribution in [-0.2, 0) is 14.4 Å². The van der Waals surface area contributed by atoms with Crippen LogP contribution in [0.4, 0.5) is 5.69 Å². The Bertz CT molecular complexity index is 816. The number of hydrazine groups is 1. The lowest BCUT2D eigenvalue weighted by Crippen LogP contribution is -2.44. The third-order valence-electron chi connectivity index (χ3n) is 3.23. The van der Waals surface area contributed by atoms with Crippen molar-refractivity contribution >= 4 is 55.3 Å². The molecule has 9 heteroatoms. The van der Waals surface area contributed by atoms with Gasteiger partial charge < -0.3 is 10.1 Å². The highest BCUT2D eigenvalue weighted by atomic mass is 79.9. The summed E-state index contributed by atoms with van der Waals surface area (Å²) < 4.78 is 6.92. The Kier molecular flexibility index (Phi) is 8.28. The predicted molar refractivity (Wildman–Crippen MR) is 108 cm³/mol. The number of benzene rings is 2. The van der Waals surface area contributed by atoms with Gasteiger partial charge in [-0.3, -0.25) is 25.2 Å². The molecule has 3 N–H and O–H groups in total. The molecule has 0 bridgehead atoms. The average molecular weight is 499 g/mol. The predicted octanol–water partition coefficient (Wildman–Crippen LogP) is 3.16. The van der Waals surface area contributed by atoms with Crippen molar-refractivity contribution in [3.63, 3.8) is 0 Å². The lowest BCUT2D eigenvalue weighted by Gasteiger charge is -2.10. The highest BCUT2D eigenvalue weighted by Gasteiger charge is 2.10. The molecule has 0 aliphatic carbocycles. The molecule has 0 spiro atoms. The summed E-state index contributed by atoms with van der Waals surface area (Å²) in [5.41, 5.74) is 5.14. The van der Waals surface area contributed by atoms with E-state index in [2.05, 4.69) is 48.0 Å². The Morgan fingerprint density at radius 1 is 0.852 bits per heavy atom. The third-order valence-corrected chi connectivity index (χ3v) is 4.34. The van der Waals surface area contributed by atoms with Gasteiger partial charge in [0.05, 0.1) is 4.47 Å². The van der Waals surface area contributed by atoms with Gasteiger partial charge in [-0.25, -0.2) is 0 Å². The Morgan fingerprint density at radius 2 is 1.52 bits per heavy atom. The second kappa shape index (κ2) is 10.7. The van der Waals surface area contributed by atoms with Crippen LogP contribution >= 0.6 is 31.9 Å². The fourth-order valence-corrected chi connectivity index (χ4v) is 3.11. The number of hydrogen-bond donors (Lipinski definition) is 3. The molecule has 0 unspecified atom stereocenters. The zero-order valence-electron chi connectivity index (χ0n) is 14.1. The van der Waals surface area contributed by atoms with Crippen molar-refractivity contribution < 1.29 is 19.1 Å². The smallest absolute Gasteiger partial charge is 0.276 e. The Balaban J connectivity index is 1.64. The first-order valence-corrected chi connectivity index (χ1v) is 9.53. The van der Waals surface area contributed by atoms with E-state index in [1.54, 1.807) is 42.5 Å². The molecule has 3 amide bonds. The van der Waals surface area contributed by atoms with E-state index in [0.29, 0.717) is 15.9 Å². The first kappa shape index (κ1) is 20.9. The monoisotopic (exact) mass is 497 g/mol. The number of halogens is 2. The van der Waals surface area contributed by atoms with E-state index >= 15 is 0 Å². The van der Waals surface area contributed by atoms with Crippen molar-refractivity contribution in [2.45, 2.75) is 12.8 Å². The van der Waals surface area contributed by atoms with E-state index in [4.69, 9.17) is 4.74 Å². The minimum Gasteiger partial charge on any atom is -0.483 e. The van der Waals surface area contributed by atoms with Crippen LogP contribution in [0.3, 0.4) is 0 Å². The van der Waals surface area contributed by atoms with Gasteiger partial charge in [-0.05, 0) is 46.3 Å². The van der Waals surface area contributed by atoms with Crippen molar-refractivity contribution in [2.24, 2.45) is 0 Å². The van der Waals surface area contributed by atoms with Crippen molar-refractivity contribution in [1.29, 1.82) is 0 Å². The van der Waals surface area contributed by atoms with Gasteiger partial charge in [0.25, 0.3) is 5.91 Å². The normalized spacial score (nSPS) is 10.0. The maximum Gasteiger partial charge on any atom is 0.276 e. The van der Waals surface area contributed by atoms with E-state index in [-0.39, 0.29) is 25.4 Å². The molecule has 7 nitrogen and oxygen atoms in total. The number of carbonyl (C=O) groups is 3. The topological polar surface area (TPSA) is 96.5 Å². The van der Waals surface area contributed by atoms with E-state index in [1.807, 2.05) is 6.07 Å². The molecule has 0 heterocycles. The SMILES string of the molecule is O=C(CCC(=O)Nc1ccccc1)NNC(=O)COc1ccc(Br)cc1Br. The summed E-state index contributed by atoms with van der Waals surface area (Å²) >= 11 is 6.64. The van der Waals surface area contributed by atoms with E-state index < -0.39 is 11.8 Å². The molecule has 2 rings (SSSR count). The molecule has 0 aromatic heterocycles. The largest absolute Gasteiger partial charge is 0.483 e. The number of para-hydroxylation sites is 1. The van der Waals surface area contributed by atoms with Crippen LogP contribution in [0.25, 0.3) is 0 Å². The van der Waals surface area contributed by atoms with Gasteiger partial charge in [0, 0.05) is 23.0 Å². The van der Waals surface area contributed by atoms with Crippen LogP contribution in [0.2, 0.25) is 0 Å². The molecule has 142 valence electrons. The van der Waals surface area contributed by atoms with E-state index in [0.717, 1.165) is 4.47 Å². The summed E-state index contributed by atoms with van der Waals surface area (Å²) in [7, 11) is 0. The molecular formula is C18H17Br2N3O4. The minimum absolute atomic E-state index is 0.00105. The molecule has 0 aliphatic heterocycles. The zero-order chi connectivity index (χ0) is 19.6. The fraction of sp³-hybridized carbons (Fsp3) is 0.167. The number of ether oxygens (including phenoxy) is 1. The second-order valence-electron chi connectivity index (χ2n) is 5.37. The second-order valence-corrected chi connectivity index (χ2v) is 7.14. The molecule has 0 atom stereocenters. The molecule has 2 aromatic carbocycles. The first-order chi connectivity index (χ1) is 12.9. The summed E-state index contributed by atoms with van der Waals surface area (Å²) in [5.74, 6) is -0.786. The Hall–Kier alpha value is -2.39. The van der Waals surface area contributed by atoms with Gasteiger partial charge >= 0.3 is 0 Å². The lowest BCUT2D eigenvalue weighted by atomic mass is 10.2. The maximum absolute atomic E-state index is 11.8. The maximum atomic E-state index is 11.8. The third kappa shape index (κ3) is 7.79. The Labute approximate surface area is 173 Å². The minimum atomic E-state index is -0.521. The van der Waals surface area contributed by atoms with E-state index in [9.17, 15) is 14.4 Å². The van der Waals surface area contributed by atoms with Crippen molar-refractivity contribution in [1.82, 2.24) is 10.9 Å². The van der Waals surface area contributed by atoms with Crippen LogP contribution in [-0.4, -0.2) is 24.3 Å². The van der Waals surface area contributed by atoms with Gasteiger partial charge in [0.15, 0.2) is 6.61 Å². The summed E-state index contributed by atoms with van der Waals surface area (Å²) in [5, 5.41) is 2.68. The number of nitrogens with one attached hydrogen (secondary N) is 3. The average Bonchev–Trinajstić information content (AvgIpc) is 2.65. The fourth-order valence-electron chi connectivity index (χ4n) is 1.95. The molecule has 0 saturated heterocycles. The molecule has 0 aliphatic rings. The zero-order valence-corrected chi connectivity index (χ0v) is 17.3. The quantitative estimate of drug-likeness (QED) is 0.511. The summed E-state index contributed by atoms with van der Waals surface area (Å²) in [4.78, 5) is 35.2. The van der Waals surface area contributed by atoms with Crippen LogP contribution in [0.5, 0.6) is 5.75 Å². The van der Waals surface area contributed by atoms with Crippen molar-refractivity contribution in [2.75, 3.05) is 11.9 Å². The van der Waals surface area contributed by atoms with Crippen LogP contribution in [0.15, 0.2) is 57.5 Å². The number of amides is 3. The first-order valence-electron chi connectivity index (χ1n) is 7.94. The summed E-state index contributed by atoms with van der Waals surface area (Å²) in [6, 6.07) is 14.2. The standard InChI is InChI=1S/C18H17Br2N3O4/c19-12-6-7-15(14(20)10-12)27-11-18(26)23-22-17(25)9-8-16(24)21-13-4-2-1-3-5-13/h1-7,10H,8-9,11H2,(H,21,24)(H,22,25)(H,23,26). The molecule has 27 heavy (non-hydrogen) atoms. The molecular weight excluding hydrogens is 482 g/mol. The van der Waals surface area contributed by atoms with Gasteiger partial charge in [0.2, 0.25) is 11.8 Å². The molecule has 0 saturated carbocycles. The number of rotatable bonds is 7. The molecule has 0 fully saturated rings. The van der Waals surface area contributed by atoms with E-state index in [1.165, 1.54) is 0 Å². The number of carbonyl (C=O) groups excluding carboxylic acids is 3. The van der Waals surface area contributed by atoms with Crippen molar-refractivity contribution in [3.8, 4) is 5.75 Å². The summed E-state index contributed by atoms with van der Waals surface area (Å²) in [6.45, 7) is -0.269.